The fraction of sp³-hybridized carbons (Fsp3) is 0.400. The van der Waals surface area contributed by atoms with Crippen molar-refractivity contribution in [1.82, 2.24) is 4.98 Å². The number of nitrogens with zero attached hydrogens (tertiary/aromatic N) is 1. The van der Waals surface area contributed by atoms with Crippen molar-refractivity contribution < 1.29 is 13.9 Å². The highest BCUT2D eigenvalue weighted by Gasteiger charge is 2.68. The Bertz CT molecular complexity index is 905. The third kappa shape index (κ3) is 2.45. The van der Waals surface area contributed by atoms with Gasteiger partial charge in [0.25, 0.3) is 0 Å². The predicted octanol–water partition coefficient (Wildman–Crippen LogP) is 3.94. The molecule has 3 fully saturated rings. The van der Waals surface area contributed by atoms with E-state index in [2.05, 4.69) is 10.3 Å². The number of benzene rings is 1. The van der Waals surface area contributed by atoms with Gasteiger partial charge in [0.05, 0.1) is 23.1 Å². The fourth-order valence-electron chi connectivity index (χ4n) is 4.77. The maximum Gasteiger partial charge on any atom is 0.230 e. The normalized spacial score (nSPS) is 33.8. The van der Waals surface area contributed by atoms with Gasteiger partial charge in [-0.25, -0.2) is 4.39 Å². The molecule has 3 heterocycles. The standard InChI is InChI=1S/C20H18ClFN2O2/c1-9-6-10(4-5-23-9)16-17(19-13-8-12(13)18(16)26-19)20(25)24-11-2-3-14(21)15(22)7-11/h2-7,12-13,16-19H,8H2,1H3,(H,24,25). The minimum Gasteiger partial charge on any atom is -0.373 e. The molecule has 1 saturated carbocycles. The highest BCUT2D eigenvalue weighted by Crippen LogP contribution is 2.65. The van der Waals surface area contributed by atoms with Gasteiger partial charge in [0.15, 0.2) is 0 Å². The molecule has 5 rings (SSSR count). The van der Waals surface area contributed by atoms with E-state index in [0.29, 0.717) is 17.5 Å². The number of nitrogens with one attached hydrogen (secondary N) is 1. The van der Waals surface area contributed by atoms with E-state index in [0.717, 1.165) is 17.7 Å². The van der Waals surface area contributed by atoms with Gasteiger partial charge in [0.2, 0.25) is 5.91 Å². The number of anilines is 1. The van der Waals surface area contributed by atoms with E-state index in [1.165, 1.54) is 12.1 Å². The Hall–Kier alpha value is -1.98. The van der Waals surface area contributed by atoms with E-state index in [1.807, 2.05) is 19.1 Å². The van der Waals surface area contributed by atoms with E-state index in [4.69, 9.17) is 16.3 Å². The number of aryl methyl sites for hydroxylation is 1. The van der Waals surface area contributed by atoms with Crippen LogP contribution in [0.1, 0.15) is 23.6 Å². The maximum atomic E-state index is 13.7. The van der Waals surface area contributed by atoms with E-state index in [-0.39, 0.29) is 35.0 Å². The van der Waals surface area contributed by atoms with E-state index in [1.54, 1.807) is 12.3 Å². The van der Waals surface area contributed by atoms with E-state index >= 15 is 0 Å². The molecule has 0 radical (unpaired) electrons. The molecule has 6 heteroatoms. The summed E-state index contributed by atoms with van der Waals surface area (Å²) in [5, 5.41) is 2.90. The zero-order chi connectivity index (χ0) is 18.0. The Morgan fingerprint density at radius 1 is 1.27 bits per heavy atom. The monoisotopic (exact) mass is 372 g/mol. The second-order valence-electron chi connectivity index (χ2n) is 7.53. The predicted molar refractivity (Wildman–Crippen MR) is 95.5 cm³/mol. The lowest BCUT2D eigenvalue weighted by Gasteiger charge is -2.27. The summed E-state index contributed by atoms with van der Waals surface area (Å²) in [6, 6.07) is 8.32. The molecule has 134 valence electrons. The summed E-state index contributed by atoms with van der Waals surface area (Å²) in [4.78, 5) is 17.3. The van der Waals surface area contributed by atoms with Crippen LogP contribution in [0.3, 0.4) is 0 Å². The van der Waals surface area contributed by atoms with Gasteiger partial charge in [-0.2, -0.15) is 0 Å². The second-order valence-corrected chi connectivity index (χ2v) is 7.94. The number of halogens is 2. The molecule has 2 aliphatic heterocycles. The molecule has 2 saturated heterocycles. The van der Waals surface area contributed by atoms with E-state index < -0.39 is 5.82 Å². The van der Waals surface area contributed by atoms with Gasteiger partial charge in [-0.05, 0) is 61.1 Å². The van der Waals surface area contributed by atoms with Crippen molar-refractivity contribution >= 4 is 23.2 Å². The van der Waals surface area contributed by atoms with Crippen LogP contribution < -0.4 is 5.32 Å². The van der Waals surface area contributed by atoms with Crippen molar-refractivity contribution in [3.63, 3.8) is 0 Å². The Morgan fingerprint density at radius 2 is 2.08 bits per heavy atom. The maximum absolute atomic E-state index is 13.7. The molecule has 1 aromatic carbocycles. The molecule has 1 N–H and O–H groups in total. The summed E-state index contributed by atoms with van der Waals surface area (Å²) in [5.74, 6) is 0.125. The molecule has 26 heavy (non-hydrogen) atoms. The number of hydrogen-bond acceptors (Lipinski definition) is 3. The Morgan fingerprint density at radius 3 is 2.85 bits per heavy atom. The van der Waals surface area contributed by atoms with Crippen LogP contribution in [0.25, 0.3) is 0 Å². The molecule has 2 aromatic rings. The number of carbonyl (C=O) groups excluding carboxylic acids is 1. The Kier molecular flexibility index (Phi) is 3.59. The van der Waals surface area contributed by atoms with Gasteiger partial charge in [0.1, 0.15) is 5.82 Å². The first-order chi connectivity index (χ1) is 12.5. The number of ether oxygens (including phenoxy) is 1. The van der Waals surface area contributed by atoms with Gasteiger partial charge in [-0.15, -0.1) is 0 Å². The topological polar surface area (TPSA) is 51.2 Å². The first-order valence-electron chi connectivity index (χ1n) is 8.87. The van der Waals surface area contributed by atoms with Crippen molar-refractivity contribution in [3.05, 3.63) is 58.6 Å². The van der Waals surface area contributed by atoms with Crippen LogP contribution in [0.2, 0.25) is 5.02 Å². The number of carbonyl (C=O) groups is 1. The van der Waals surface area contributed by atoms with E-state index in [9.17, 15) is 9.18 Å². The van der Waals surface area contributed by atoms with Crippen molar-refractivity contribution in [3.8, 4) is 0 Å². The SMILES string of the molecule is Cc1cc(C2C3OC(C4CC43)C2C(=O)Nc2ccc(Cl)c(F)c2)ccn1. The summed E-state index contributed by atoms with van der Waals surface area (Å²) in [5.41, 5.74) is 2.44. The lowest BCUT2D eigenvalue weighted by Crippen LogP contribution is -2.37. The minimum absolute atomic E-state index is 0.0163. The van der Waals surface area contributed by atoms with Crippen molar-refractivity contribution in [2.24, 2.45) is 17.8 Å². The molecule has 2 bridgehead atoms. The lowest BCUT2D eigenvalue weighted by molar-refractivity contribution is -0.122. The molecular formula is C20H18ClFN2O2. The summed E-state index contributed by atoms with van der Waals surface area (Å²) >= 11 is 5.72. The number of amides is 1. The molecule has 0 spiro atoms. The molecular weight excluding hydrogens is 355 g/mol. The molecule has 6 unspecified atom stereocenters. The van der Waals surface area contributed by atoms with Crippen LogP contribution in [-0.4, -0.2) is 23.1 Å². The fourth-order valence-corrected chi connectivity index (χ4v) is 4.89. The molecule has 6 atom stereocenters. The molecule has 1 aromatic heterocycles. The van der Waals surface area contributed by atoms with Crippen LogP contribution in [0.15, 0.2) is 36.5 Å². The molecule has 3 aliphatic rings. The number of hydrogen-bond donors (Lipinski definition) is 1. The van der Waals surface area contributed by atoms with Crippen LogP contribution in [0, 0.1) is 30.5 Å². The average molecular weight is 373 g/mol. The number of pyridine rings is 1. The summed E-state index contributed by atoms with van der Waals surface area (Å²) < 4.78 is 19.9. The molecule has 1 amide bonds. The van der Waals surface area contributed by atoms with Crippen molar-refractivity contribution in [1.29, 1.82) is 0 Å². The van der Waals surface area contributed by atoms with Crippen LogP contribution >= 0.6 is 11.6 Å². The lowest BCUT2D eigenvalue weighted by atomic mass is 9.75. The highest BCUT2D eigenvalue weighted by molar-refractivity contribution is 6.30. The third-order valence-corrected chi connectivity index (χ3v) is 6.25. The van der Waals surface area contributed by atoms with Gasteiger partial charge in [-0.3, -0.25) is 9.78 Å². The summed E-state index contributed by atoms with van der Waals surface area (Å²) in [6.07, 6.45) is 2.95. The first kappa shape index (κ1) is 16.2. The number of fused-ring (bicyclic) bond motifs is 5. The van der Waals surface area contributed by atoms with Crippen molar-refractivity contribution in [2.45, 2.75) is 31.5 Å². The minimum atomic E-state index is -0.544. The zero-order valence-corrected chi connectivity index (χ0v) is 14.9. The van der Waals surface area contributed by atoms with Crippen LogP contribution in [-0.2, 0) is 9.53 Å². The number of rotatable bonds is 3. The van der Waals surface area contributed by atoms with Gasteiger partial charge < -0.3 is 10.1 Å². The zero-order valence-electron chi connectivity index (χ0n) is 14.2. The van der Waals surface area contributed by atoms with Gasteiger partial charge in [-0.1, -0.05) is 11.6 Å². The summed E-state index contributed by atoms with van der Waals surface area (Å²) in [7, 11) is 0. The van der Waals surface area contributed by atoms with Gasteiger partial charge in [0, 0.05) is 23.5 Å². The Labute approximate surface area is 155 Å². The second kappa shape index (κ2) is 5.76. The first-order valence-corrected chi connectivity index (χ1v) is 9.24. The third-order valence-electron chi connectivity index (χ3n) is 5.94. The number of aromatic nitrogens is 1. The Balaban J connectivity index is 1.45. The molecule has 1 aliphatic carbocycles. The van der Waals surface area contributed by atoms with Crippen LogP contribution in [0.5, 0.6) is 0 Å². The summed E-state index contributed by atoms with van der Waals surface area (Å²) in [6.45, 7) is 1.95. The average Bonchev–Trinajstić information content (AvgIpc) is 3.22. The smallest absolute Gasteiger partial charge is 0.230 e. The van der Waals surface area contributed by atoms with Crippen molar-refractivity contribution in [2.75, 3.05) is 5.32 Å². The largest absolute Gasteiger partial charge is 0.373 e. The quantitative estimate of drug-likeness (QED) is 0.887. The van der Waals surface area contributed by atoms with Gasteiger partial charge >= 0.3 is 0 Å². The van der Waals surface area contributed by atoms with Crippen LogP contribution in [0.4, 0.5) is 10.1 Å². The highest BCUT2D eigenvalue weighted by atomic mass is 35.5. The molecule has 4 nitrogen and oxygen atoms in total.